The molecule has 1 amide bonds. The molecule has 0 unspecified atom stereocenters. The number of nitrogens with one attached hydrogen (secondary N) is 3. The van der Waals surface area contributed by atoms with Crippen molar-refractivity contribution < 1.29 is 9.53 Å². The molecule has 1 aliphatic heterocycles. The van der Waals surface area contributed by atoms with Gasteiger partial charge in [-0.15, -0.1) is 12.4 Å². The fourth-order valence-electron chi connectivity index (χ4n) is 2.76. The molecule has 1 aromatic heterocycles. The number of fused-ring (bicyclic) bond motifs is 1. The van der Waals surface area contributed by atoms with Gasteiger partial charge in [-0.3, -0.25) is 9.36 Å². The van der Waals surface area contributed by atoms with Crippen LogP contribution in [-0.2, 0) is 16.1 Å². The van der Waals surface area contributed by atoms with Crippen LogP contribution in [0.3, 0.4) is 0 Å². The number of H-pyrrole nitrogens is 1. The molecule has 1 aromatic carbocycles. The van der Waals surface area contributed by atoms with Crippen LogP contribution in [0.5, 0.6) is 0 Å². The predicted octanol–water partition coefficient (Wildman–Crippen LogP) is 0.244. The summed E-state index contributed by atoms with van der Waals surface area (Å²) in [5, 5.41) is 6.00. The zero-order valence-electron chi connectivity index (χ0n) is 12.9. The van der Waals surface area contributed by atoms with Crippen molar-refractivity contribution in [1.29, 1.82) is 0 Å². The fourth-order valence-corrected chi connectivity index (χ4v) is 2.76. The average molecular weight is 341 g/mol. The highest BCUT2D eigenvalue weighted by molar-refractivity contribution is 5.85. The lowest BCUT2D eigenvalue weighted by Gasteiger charge is -2.29. The average Bonchev–Trinajstić information content (AvgIpc) is 2.83. The summed E-state index contributed by atoms with van der Waals surface area (Å²) < 4.78 is 7.09. The summed E-state index contributed by atoms with van der Waals surface area (Å²) in [6.45, 7) is 3.99. The number of morpholine rings is 1. The van der Waals surface area contributed by atoms with Crippen molar-refractivity contribution in [3.05, 3.63) is 34.7 Å². The molecule has 1 saturated heterocycles. The number of aromatic nitrogens is 2. The second-order valence-corrected chi connectivity index (χ2v) is 5.40. The Bertz CT molecular complexity index is 727. The number of carbonyl (C=O) groups is 1. The minimum Gasteiger partial charge on any atom is -0.375 e. The van der Waals surface area contributed by atoms with Gasteiger partial charge in [0.05, 0.1) is 23.7 Å². The van der Waals surface area contributed by atoms with Gasteiger partial charge in [-0.2, -0.15) is 0 Å². The molecule has 23 heavy (non-hydrogen) atoms. The third kappa shape index (κ3) is 3.74. The molecule has 3 rings (SSSR count). The van der Waals surface area contributed by atoms with E-state index in [4.69, 9.17) is 4.74 Å². The van der Waals surface area contributed by atoms with Gasteiger partial charge >= 0.3 is 5.69 Å². The number of hydrogen-bond donors (Lipinski definition) is 3. The summed E-state index contributed by atoms with van der Waals surface area (Å²) in [6, 6.07) is 7.16. The Labute approximate surface area is 139 Å². The van der Waals surface area contributed by atoms with Gasteiger partial charge in [0.1, 0.15) is 6.04 Å². The molecule has 0 saturated carbocycles. The maximum atomic E-state index is 12.1. The number of benzene rings is 1. The number of imidazole rings is 1. The van der Waals surface area contributed by atoms with Crippen molar-refractivity contribution in [3.8, 4) is 0 Å². The van der Waals surface area contributed by atoms with E-state index in [9.17, 15) is 9.59 Å². The number of ether oxygens (including phenoxy) is 1. The number of hydrogen-bond acceptors (Lipinski definition) is 4. The molecular weight excluding hydrogens is 320 g/mol. The Balaban J connectivity index is 0.00000192. The van der Waals surface area contributed by atoms with Gasteiger partial charge in [-0.05, 0) is 19.1 Å². The standard InChI is InChI=1S/C15H20N4O3.ClH/c1-10-13(16-7-9-22-10)14(20)17-6-8-19-12-5-3-2-4-11(12)18-15(19)21;/h2-5,10,13,16H,6-9H2,1H3,(H,17,20)(H,18,21);1H/t10-,13+;/m1./s1. The molecule has 0 bridgehead atoms. The number of carbonyl (C=O) groups excluding carboxylic acids is 1. The van der Waals surface area contributed by atoms with Crippen LogP contribution in [0.2, 0.25) is 0 Å². The molecule has 7 nitrogen and oxygen atoms in total. The molecule has 2 aromatic rings. The van der Waals surface area contributed by atoms with E-state index in [1.165, 1.54) is 0 Å². The van der Waals surface area contributed by atoms with E-state index in [-0.39, 0.29) is 36.1 Å². The van der Waals surface area contributed by atoms with E-state index in [2.05, 4.69) is 15.6 Å². The maximum Gasteiger partial charge on any atom is 0.326 e. The largest absolute Gasteiger partial charge is 0.375 e. The van der Waals surface area contributed by atoms with Crippen LogP contribution in [0.25, 0.3) is 11.0 Å². The summed E-state index contributed by atoms with van der Waals surface area (Å²) in [4.78, 5) is 26.9. The Morgan fingerprint density at radius 2 is 2.22 bits per heavy atom. The normalized spacial score (nSPS) is 20.9. The first-order valence-corrected chi connectivity index (χ1v) is 7.47. The van der Waals surface area contributed by atoms with Crippen LogP contribution in [0.15, 0.2) is 29.1 Å². The first-order chi connectivity index (χ1) is 10.7. The summed E-state index contributed by atoms with van der Waals surface area (Å²) in [6.07, 6.45) is -0.149. The van der Waals surface area contributed by atoms with Gasteiger partial charge in [0.15, 0.2) is 0 Å². The van der Waals surface area contributed by atoms with Gasteiger partial charge in [0.2, 0.25) is 5.91 Å². The Hall–Kier alpha value is -1.83. The highest BCUT2D eigenvalue weighted by atomic mass is 35.5. The molecule has 3 N–H and O–H groups in total. The van der Waals surface area contributed by atoms with E-state index >= 15 is 0 Å². The van der Waals surface area contributed by atoms with Crippen molar-refractivity contribution in [2.24, 2.45) is 0 Å². The molecular formula is C15H21ClN4O3. The first kappa shape index (κ1) is 17.5. The van der Waals surface area contributed by atoms with Crippen molar-refractivity contribution in [2.75, 3.05) is 19.7 Å². The molecule has 1 aliphatic rings. The van der Waals surface area contributed by atoms with Crippen LogP contribution in [0.1, 0.15) is 6.92 Å². The van der Waals surface area contributed by atoms with E-state index in [1.807, 2.05) is 31.2 Å². The maximum absolute atomic E-state index is 12.1. The second-order valence-electron chi connectivity index (χ2n) is 5.40. The Morgan fingerprint density at radius 1 is 1.43 bits per heavy atom. The summed E-state index contributed by atoms with van der Waals surface area (Å²) in [5.41, 5.74) is 1.48. The van der Waals surface area contributed by atoms with Gasteiger partial charge in [-0.1, -0.05) is 12.1 Å². The van der Waals surface area contributed by atoms with Crippen molar-refractivity contribution >= 4 is 29.3 Å². The smallest absolute Gasteiger partial charge is 0.326 e. The van der Waals surface area contributed by atoms with Crippen molar-refractivity contribution in [2.45, 2.75) is 25.6 Å². The summed E-state index contributed by atoms with van der Waals surface area (Å²) in [5.74, 6) is -0.0971. The molecule has 1 fully saturated rings. The lowest BCUT2D eigenvalue weighted by atomic mass is 10.1. The first-order valence-electron chi connectivity index (χ1n) is 7.47. The van der Waals surface area contributed by atoms with Crippen LogP contribution < -0.4 is 16.3 Å². The number of nitrogens with zero attached hydrogens (tertiary/aromatic N) is 1. The minimum absolute atomic E-state index is 0. The summed E-state index contributed by atoms with van der Waals surface area (Å²) >= 11 is 0. The molecule has 126 valence electrons. The van der Waals surface area contributed by atoms with Gasteiger partial charge in [0, 0.05) is 19.6 Å². The highest BCUT2D eigenvalue weighted by Gasteiger charge is 2.27. The third-order valence-electron chi connectivity index (χ3n) is 3.92. The predicted molar refractivity (Wildman–Crippen MR) is 90.0 cm³/mol. The lowest BCUT2D eigenvalue weighted by molar-refractivity contribution is -0.128. The monoisotopic (exact) mass is 340 g/mol. The lowest BCUT2D eigenvalue weighted by Crippen LogP contribution is -2.55. The van der Waals surface area contributed by atoms with Gasteiger partial charge < -0.3 is 20.4 Å². The quantitative estimate of drug-likeness (QED) is 0.744. The highest BCUT2D eigenvalue weighted by Crippen LogP contribution is 2.08. The second kappa shape index (κ2) is 7.63. The van der Waals surface area contributed by atoms with Crippen molar-refractivity contribution in [3.63, 3.8) is 0 Å². The molecule has 0 spiro atoms. The number of halogens is 1. The fraction of sp³-hybridized carbons (Fsp3) is 0.467. The third-order valence-corrected chi connectivity index (χ3v) is 3.92. The molecule has 2 heterocycles. The molecule has 8 heteroatoms. The van der Waals surface area contributed by atoms with Gasteiger partial charge in [-0.25, -0.2) is 4.79 Å². The van der Waals surface area contributed by atoms with Gasteiger partial charge in [0.25, 0.3) is 0 Å². The number of amides is 1. The number of rotatable bonds is 4. The van der Waals surface area contributed by atoms with E-state index in [1.54, 1.807) is 4.57 Å². The minimum atomic E-state index is -0.339. The Morgan fingerprint density at radius 3 is 3.00 bits per heavy atom. The SMILES string of the molecule is C[C@H]1OCCN[C@@H]1C(=O)NCCn1c(=O)[nH]c2ccccc21.Cl. The Kier molecular flexibility index (Phi) is 5.81. The van der Waals surface area contributed by atoms with E-state index < -0.39 is 0 Å². The van der Waals surface area contributed by atoms with Crippen LogP contribution in [0.4, 0.5) is 0 Å². The molecule has 2 atom stereocenters. The van der Waals surface area contributed by atoms with Crippen molar-refractivity contribution in [1.82, 2.24) is 20.2 Å². The topological polar surface area (TPSA) is 88.2 Å². The number of para-hydroxylation sites is 2. The zero-order chi connectivity index (χ0) is 15.5. The summed E-state index contributed by atoms with van der Waals surface area (Å²) in [7, 11) is 0. The van der Waals surface area contributed by atoms with Crippen LogP contribution in [0, 0.1) is 0 Å². The molecule has 0 radical (unpaired) electrons. The molecule has 0 aliphatic carbocycles. The number of aromatic amines is 1. The van der Waals surface area contributed by atoms with Crippen LogP contribution >= 0.6 is 12.4 Å². The van der Waals surface area contributed by atoms with E-state index in [0.717, 1.165) is 11.0 Å². The van der Waals surface area contributed by atoms with E-state index in [0.29, 0.717) is 26.2 Å². The van der Waals surface area contributed by atoms with Crippen LogP contribution in [-0.4, -0.2) is 47.3 Å². The zero-order valence-corrected chi connectivity index (χ0v) is 13.7.